The van der Waals surface area contributed by atoms with Crippen LogP contribution in [0.3, 0.4) is 0 Å². The van der Waals surface area contributed by atoms with Crippen molar-refractivity contribution in [2.45, 2.75) is 32.8 Å². The van der Waals surface area contributed by atoms with Crippen LogP contribution in [0.1, 0.15) is 37.6 Å². The van der Waals surface area contributed by atoms with Gasteiger partial charge >= 0.3 is 6.09 Å². The van der Waals surface area contributed by atoms with Crippen LogP contribution < -0.4 is 10.6 Å². The smallest absolute Gasteiger partial charge is 0.407 e. The second-order valence-corrected chi connectivity index (χ2v) is 5.66. The van der Waals surface area contributed by atoms with Gasteiger partial charge in [0, 0.05) is 13.1 Å². The summed E-state index contributed by atoms with van der Waals surface area (Å²) in [7, 11) is 0. The number of alkyl carbamates (subject to hydrolysis) is 1. The molecule has 1 aromatic rings. The predicted octanol–water partition coefficient (Wildman–Crippen LogP) is 2.61. The molecule has 0 radical (unpaired) electrons. The third kappa shape index (κ3) is 6.51. The van der Waals surface area contributed by atoms with E-state index in [1.807, 2.05) is 0 Å². The SMILES string of the molecule is CC(C)(C)OC(=O)NCCCNC(=O)c1cc(F)ccc1F. The molecule has 0 aliphatic carbocycles. The summed E-state index contributed by atoms with van der Waals surface area (Å²) in [6.07, 6.45) is -0.114. The van der Waals surface area contributed by atoms with Crippen LogP contribution in [0.15, 0.2) is 18.2 Å². The molecule has 22 heavy (non-hydrogen) atoms. The van der Waals surface area contributed by atoms with Crippen LogP contribution in [-0.4, -0.2) is 30.7 Å². The molecule has 122 valence electrons. The lowest BCUT2D eigenvalue weighted by Gasteiger charge is -2.19. The summed E-state index contributed by atoms with van der Waals surface area (Å²) in [5.74, 6) is -2.17. The Morgan fingerprint density at radius 2 is 1.77 bits per heavy atom. The zero-order valence-electron chi connectivity index (χ0n) is 12.8. The van der Waals surface area contributed by atoms with Crippen molar-refractivity contribution in [1.29, 1.82) is 0 Å². The first-order valence-electron chi connectivity index (χ1n) is 6.89. The van der Waals surface area contributed by atoms with E-state index >= 15 is 0 Å². The van der Waals surface area contributed by atoms with E-state index in [-0.39, 0.29) is 12.1 Å². The molecule has 1 aromatic carbocycles. The number of benzene rings is 1. The molecule has 0 saturated carbocycles. The maximum absolute atomic E-state index is 13.4. The molecule has 0 spiro atoms. The molecule has 0 fully saturated rings. The molecule has 5 nitrogen and oxygen atoms in total. The number of carbonyl (C=O) groups excluding carboxylic acids is 2. The fourth-order valence-corrected chi connectivity index (χ4v) is 1.56. The van der Waals surface area contributed by atoms with E-state index in [4.69, 9.17) is 4.74 Å². The number of hydrogen-bond donors (Lipinski definition) is 2. The first-order chi connectivity index (χ1) is 10.2. The molecule has 1 rings (SSSR count). The first kappa shape index (κ1) is 17.9. The van der Waals surface area contributed by atoms with Crippen LogP contribution in [0.5, 0.6) is 0 Å². The van der Waals surface area contributed by atoms with E-state index in [2.05, 4.69) is 10.6 Å². The minimum absolute atomic E-state index is 0.213. The number of nitrogens with one attached hydrogen (secondary N) is 2. The Balaban J connectivity index is 2.29. The van der Waals surface area contributed by atoms with E-state index in [1.165, 1.54) is 0 Å². The highest BCUT2D eigenvalue weighted by molar-refractivity contribution is 5.94. The lowest BCUT2D eigenvalue weighted by molar-refractivity contribution is 0.0527. The third-order valence-corrected chi connectivity index (χ3v) is 2.48. The number of hydrogen-bond acceptors (Lipinski definition) is 3. The summed E-state index contributed by atoms with van der Waals surface area (Å²) in [5, 5.41) is 4.98. The molecule has 0 aromatic heterocycles. The van der Waals surface area contributed by atoms with Crippen LogP contribution in [0.25, 0.3) is 0 Å². The molecule has 0 unspecified atom stereocenters. The maximum Gasteiger partial charge on any atom is 0.407 e. The summed E-state index contributed by atoms with van der Waals surface area (Å²) < 4.78 is 31.4. The van der Waals surface area contributed by atoms with Gasteiger partial charge in [-0.3, -0.25) is 4.79 Å². The van der Waals surface area contributed by atoms with Gasteiger partial charge in [-0.25, -0.2) is 13.6 Å². The quantitative estimate of drug-likeness (QED) is 0.821. The Bertz CT molecular complexity index is 542. The van der Waals surface area contributed by atoms with Crippen molar-refractivity contribution in [2.75, 3.05) is 13.1 Å². The molecule has 2 N–H and O–H groups in total. The zero-order valence-corrected chi connectivity index (χ0v) is 12.8. The topological polar surface area (TPSA) is 67.4 Å². The lowest BCUT2D eigenvalue weighted by atomic mass is 10.2. The van der Waals surface area contributed by atoms with Gasteiger partial charge in [0.05, 0.1) is 5.56 Å². The molecule has 0 atom stereocenters. The molecule has 0 aliphatic rings. The highest BCUT2D eigenvalue weighted by Gasteiger charge is 2.15. The van der Waals surface area contributed by atoms with Gasteiger partial charge in [0.15, 0.2) is 0 Å². The van der Waals surface area contributed by atoms with Gasteiger partial charge < -0.3 is 15.4 Å². The van der Waals surface area contributed by atoms with Crippen molar-refractivity contribution in [1.82, 2.24) is 10.6 Å². The Kier molecular flexibility index (Phi) is 6.27. The molecule has 2 amide bonds. The highest BCUT2D eigenvalue weighted by atomic mass is 19.1. The van der Waals surface area contributed by atoms with Crippen molar-refractivity contribution in [3.8, 4) is 0 Å². The maximum atomic E-state index is 13.4. The van der Waals surface area contributed by atoms with E-state index < -0.39 is 29.2 Å². The van der Waals surface area contributed by atoms with Crippen LogP contribution in [0.4, 0.5) is 13.6 Å². The average molecular weight is 314 g/mol. The lowest BCUT2D eigenvalue weighted by Crippen LogP contribution is -2.34. The van der Waals surface area contributed by atoms with Crippen molar-refractivity contribution in [3.63, 3.8) is 0 Å². The summed E-state index contributed by atoms with van der Waals surface area (Å²) in [5.41, 5.74) is -0.923. The molecule has 0 heterocycles. The normalized spacial score (nSPS) is 11.0. The number of rotatable bonds is 5. The van der Waals surface area contributed by atoms with Crippen LogP contribution >= 0.6 is 0 Å². The van der Waals surface area contributed by atoms with Gasteiger partial charge in [-0.1, -0.05) is 0 Å². The van der Waals surface area contributed by atoms with E-state index in [9.17, 15) is 18.4 Å². The molecule has 7 heteroatoms. The monoisotopic (exact) mass is 314 g/mol. The number of ether oxygens (including phenoxy) is 1. The van der Waals surface area contributed by atoms with E-state index in [0.717, 1.165) is 18.2 Å². The summed E-state index contributed by atoms with van der Waals surface area (Å²) in [4.78, 5) is 23.0. The summed E-state index contributed by atoms with van der Waals surface area (Å²) >= 11 is 0. The Morgan fingerprint density at radius 3 is 2.41 bits per heavy atom. The predicted molar refractivity (Wildman–Crippen MR) is 77.5 cm³/mol. The van der Waals surface area contributed by atoms with Gasteiger partial charge in [0.2, 0.25) is 0 Å². The molecular formula is C15H20F2N2O3. The van der Waals surface area contributed by atoms with Crippen molar-refractivity contribution >= 4 is 12.0 Å². The van der Waals surface area contributed by atoms with Crippen LogP contribution in [0.2, 0.25) is 0 Å². The van der Waals surface area contributed by atoms with Crippen molar-refractivity contribution in [2.24, 2.45) is 0 Å². The highest BCUT2D eigenvalue weighted by Crippen LogP contribution is 2.09. The molecule has 0 aliphatic heterocycles. The summed E-state index contributed by atoms with van der Waals surface area (Å²) in [6.45, 7) is 5.76. The van der Waals surface area contributed by atoms with Gasteiger partial charge in [-0.05, 0) is 45.4 Å². The van der Waals surface area contributed by atoms with Gasteiger partial charge in [-0.15, -0.1) is 0 Å². The van der Waals surface area contributed by atoms with Gasteiger partial charge in [0.25, 0.3) is 5.91 Å². The average Bonchev–Trinajstić information content (AvgIpc) is 2.38. The number of halogens is 2. The fraction of sp³-hybridized carbons (Fsp3) is 0.467. The van der Waals surface area contributed by atoms with Crippen LogP contribution in [0, 0.1) is 11.6 Å². The standard InChI is InChI=1S/C15H20F2N2O3/c1-15(2,3)22-14(21)19-8-4-7-18-13(20)11-9-10(16)5-6-12(11)17/h5-6,9H,4,7-8H2,1-3H3,(H,18,20)(H,19,21). The molecular weight excluding hydrogens is 294 g/mol. The van der Waals surface area contributed by atoms with Crippen LogP contribution in [-0.2, 0) is 4.74 Å². The first-order valence-corrected chi connectivity index (χ1v) is 6.89. The fourth-order valence-electron chi connectivity index (χ4n) is 1.56. The third-order valence-electron chi connectivity index (χ3n) is 2.48. The largest absolute Gasteiger partial charge is 0.444 e. The zero-order chi connectivity index (χ0) is 16.8. The van der Waals surface area contributed by atoms with Crippen molar-refractivity contribution in [3.05, 3.63) is 35.4 Å². The number of carbonyl (C=O) groups is 2. The summed E-state index contributed by atoms with van der Waals surface area (Å²) in [6, 6.07) is 2.68. The molecule has 0 saturated heterocycles. The van der Waals surface area contributed by atoms with Gasteiger partial charge in [-0.2, -0.15) is 0 Å². The molecule has 0 bridgehead atoms. The second-order valence-electron chi connectivity index (χ2n) is 5.66. The minimum atomic E-state index is -0.786. The Hall–Kier alpha value is -2.18. The van der Waals surface area contributed by atoms with Gasteiger partial charge in [0.1, 0.15) is 17.2 Å². The number of amides is 2. The minimum Gasteiger partial charge on any atom is -0.444 e. The van der Waals surface area contributed by atoms with E-state index in [0.29, 0.717) is 13.0 Å². The Labute approximate surface area is 128 Å². The second kappa shape index (κ2) is 7.72. The van der Waals surface area contributed by atoms with Crippen molar-refractivity contribution < 1.29 is 23.1 Å². The Morgan fingerprint density at radius 1 is 1.14 bits per heavy atom. The van der Waals surface area contributed by atoms with E-state index in [1.54, 1.807) is 20.8 Å².